The molecule has 0 radical (unpaired) electrons. The average Bonchev–Trinajstić information content (AvgIpc) is 0.815. The molecule has 3 aromatic carbocycles. The van der Waals surface area contributed by atoms with Gasteiger partial charge >= 0.3 is 0 Å². The van der Waals surface area contributed by atoms with Gasteiger partial charge in [-0.25, -0.2) is 22.0 Å². The van der Waals surface area contributed by atoms with E-state index in [0.717, 1.165) is 29.4 Å². The molecule has 0 aromatic heterocycles. The van der Waals surface area contributed by atoms with E-state index in [9.17, 15) is 56.3 Å². The van der Waals surface area contributed by atoms with E-state index in [2.05, 4.69) is 21.3 Å². The number of hydrogen-bond acceptors (Lipinski definition) is 11. The Morgan fingerprint density at radius 1 is 0.489 bits per heavy atom. The van der Waals surface area contributed by atoms with Crippen LogP contribution in [0.4, 0.5) is 22.0 Å². The van der Waals surface area contributed by atoms with Crippen LogP contribution < -0.4 is 21.3 Å². The first kappa shape index (κ1) is 78.2. The lowest BCUT2D eigenvalue weighted by atomic mass is 9.97. The fraction of sp³-hybridized carbons (Fsp3) is 0.561. The van der Waals surface area contributed by atoms with Crippen molar-refractivity contribution in [2.75, 3.05) is 69.0 Å². The summed E-state index contributed by atoms with van der Waals surface area (Å²) in [4.78, 5) is 166. The van der Waals surface area contributed by atoms with E-state index in [1.54, 1.807) is 77.1 Å². The monoisotopic (exact) mass is 1340 g/mol. The van der Waals surface area contributed by atoms with Gasteiger partial charge in [-0.1, -0.05) is 102 Å². The Balaban J connectivity index is 1.89. The van der Waals surface area contributed by atoms with Crippen LogP contribution in [-0.2, 0) is 72.0 Å². The highest BCUT2D eigenvalue weighted by molar-refractivity contribution is 6.30. The third kappa shape index (κ3) is 21.1. The Kier molecular flexibility index (Phi) is 29.4. The molecular formula is C66H91ClF5N11O11. The second-order valence-corrected chi connectivity index (χ2v) is 25.7. The van der Waals surface area contributed by atoms with E-state index in [4.69, 9.17) is 11.6 Å². The molecule has 4 rings (SSSR count). The largest absolute Gasteiger partial charge is 0.351 e. The number of carbonyl (C=O) groups is 11. The van der Waals surface area contributed by atoms with Crippen molar-refractivity contribution < 1.29 is 74.7 Å². The number of amides is 11. The molecule has 9 atom stereocenters. The standard InChI is InChI=1S/C66H91ClF5N11O11/c1-16-38(6)59-66(94)79(11)34-52(86)77(9)35-53(87)81(13)48(32-42-22-24-43(67)25-23-42)64(92)78(10)33-50(84)74-45(27-26-44-54(68)56(70)58(72)57(71)55(44)69)61(89)75-46(28-36(2)3)63(91)83(15)49(31-41-20-18-17-19-21-41)65(93)82(14)47(29-37(4)5)62(90)73-39(7)30-51(85)80(12)40(8)60(88)76-59/h17-25,36-40,45-49,59H,16,26-35H2,1-15H3,(H,73,90)(H,74,84)(H,75,89)(H,76,88)/t38-,39+,40-,45-,46-,47-,48-,49-,59-/m0/s1. The molecule has 11 amide bonds. The maximum atomic E-state index is 15.3. The SMILES string of the molecule is CC[C@H](C)[C@@H]1NC(=O)[C@H](C)N(C)C(=O)C[C@@H](C)NC(=O)[C@H](CC(C)C)N(C)C(=O)[C@H](Cc2ccccc2)N(C)C(=O)[C@H](CC(C)C)NC(=O)[C@H](CCc2c(F)c(F)c(F)c(F)c2F)NC(=O)CN(C)C(=O)[C@H](Cc2ccc(Cl)cc2)N(C)C(=O)CN(C)C(=O)CN(C)C1=O. The van der Waals surface area contributed by atoms with Crippen molar-refractivity contribution in [1.82, 2.24) is 55.6 Å². The first-order chi connectivity index (χ1) is 43.9. The normalized spacial score (nSPS) is 23.2. The first-order valence-electron chi connectivity index (χ1n) is 31.2. The Bertz CT molecular complexity index is 3190. The summed E-state index contributed by atoms with van der Waals surface area (Å²) in [6.45, 7) is 11.4. The topological polar surface area (TPSA) is 259 Å². The second-order valence-electron chi connectivity index (χ2n) is 25.3. The van der Waals surface area contributed by atoms with Gasteiger partial charge in [-0.2, -0.15) is 0 Å². The fourth-order valence-corrected chi connectivity index (χ4v) is 10.8. The minimum absolute atomic E-state index is 0.0898. The number of benzene rings is 3. The summed E-state index contributed by atoms with van der Waals surface area (Å²) in [5.41, 5.74) is -0.276. The van der Waals surface area contributed by atoms with Crippen molar-refractivity contribution in [3.63, 3.8) is 0 Å². The molecule has 0 saturated carbocycles. The van der Waals surface area contributed by atoms with Crippen LogP contribution in [0.5, 0.6) is 0 Å². The van der Waals surface area contributed by atoms with Gasteiger partial charge in [0.05, 0.1) is 19.6 Å². The number of halogens is 6. The summed E-state index contributed by atoms with van der Waals surface area (Å²) < 4.78 is 74.0. The van der Waals surface area contributed by atoms with Crippen LogP contribution in [0.25, 0.3) is 0 Å². The van der Waals surface area contributed by atoms with Gasteiger partial charge in [-0.3, -0.25) is 52.7 Å². The number of likely N-dealkylation sites (N-methyl/N-ethyl adjacent to an activating group) is 7. The van der Waals surface area contributed by atoms with Crippen molar-refractivity contribution in [1.29, 1.82) is 0 Å². The zero-order chi connectivity index (χ0) is 70.9. The minimum atomic E-state index is -2.44. The average molecular weight is 1340 g/mol. The predicted molar refractivity (Wildman–Crippen MR) is 341 cm³/mol. The van der Waals surface area contributed by atoms with Gasteiger partial charge in [0.25, 0.3) is 0 Å². The van der Waals surface area contributed by atoms with Crippen molar-refractivity contribution in [3.8, 4) is 0 Å². The Labute approximate surface area is 551 Å². The lowest BCUT2D eigenvalue weighted by molar-refractivity contribution is -0.149. The molecule has 0 unspecified atom stereocenters. The van der Waals surface area contributed by atoms with E-state index in [1.807, 2.05) is 13.8 Å². The molecule has 1 aliphatic rings. The molecule has 22 nitrogen and oxygen atoms in total. The van der Waals surface area contributed by atoms with Gasteiger partial charge in [0.15, 0.2) is 23.3 Å². The van der Waals surface area contributed by atoms with Crippen LogP contribution >= 0.6 is 11.6 Å². The van der Waals surface area contributed by atoms with Gasteiger partial charge in [0, 0.05) is 85.2 Å². The van der Waals surface area contributed by atoms with Crippen LogP contribution in [0.3, 0.4) is 0 Å². The van der Waals surface area contributed by atoms with Gasteiger partial charge < -0.3 is 55.6 Å². The van der Waals surface area contributed by atoms with Crippen molar-refractivity contribution in [3.05, 3.63) is 105 Å². The quantitative estimate of drug-likeness (QED) is 0.104. The number of nitrogens with zero attached hydrogens (tertiary/aromatic N) is 7. The molecule has 1 fully saturated rings. The van der Waals surface area contributed by atoms with Crippen LogP contribution in [0.1, 0.15) is 104 Å². The minimum Gasteiger partial charge on any atom is -0.351 e. The number of carbonyl (C=O) groups excluding carboxylic acids is 11. The van der Waals surface area contributed by atoms with E-state index in [0.29, 0.717) is 22.6 Å². The van der Waals surface area contributed by atoms with E-state index in [-0.39, 0.29) is 38.0 Å². The Morgan fingerprint density at radius 2 is 1.00 bits per heavy atom. The highest BCUT2D eigenvalue weighted by Gasteiger charge is 2.41. The number of rotatable bonds is 13. The number of nitrogens with one attached hydrogen (secondary N) is 4. The lowest BCUT2D eigenvalue weighted by Gasteiger charge is -2.37. The summed E-state index contributed by atoms with van der Waals surface area (Å²) in [5.74, 6) is -21.4. The molecular weight excluding hydrogens is 1250 g/mol. The molecule has 518 valence electrons. The highest BCUT2D eigenvalue weighted by Crippen LogP contribution is 2.26. The Hall–Kier alpha value is -8.23. The summed E-state index contributed by atoms with van der Waals surface area (Å²) >= 11 is 6.17. The van der Waals surface area contributed by atoms with E-state index in [1.165, 1.54) is 73.3 Å². The van der Waals surface area contributed by atoms with Crippen LogP contribution in [0.2, 0.25) is 5.02 Å². The zero-order valence-electron chi connectivity index (χ0n) is 56.2. The van der Waals surface area contributed by atoms with Gasteiger partial charge in [0.2, 0.25) is 70.8 Å². The van der Waals surface area contributed by atoms with Crippen molar-refractivity contribution >= 4 is 76.6 Å². The molecule has 1 saturated heterocycles. The third-order valence-electron chi connectivity index (χ3n) is 16.9. The molecule has 1 aliphatic heterocycles. The molecule has 3 aromatic rings. The third-order valence-corrected chi connectivity index (χ3v) is 17.2. The van der Waals surface area contributed by atoms with Crippen LogP contribution in [-0.4, -0.2) is 217 Å². The van der Waals surface area contributed by atoms with Gasteiger partial charge in [-0.15, -0.1) is 0 Å². The molecule has 4 N–H and O–H groups in total. The maximum absolute atomic E-state index is 15.3. The Morgan fingerprint density at radius 3 is 1.55 bits per heavy atom. The number of hydrogen-bond donors (Lipinski definition) is 4. The van der Waals surface area contributed by atoms with Gasteiger partial charge in [0.1, 0.15) is 42.3 Å². The molecule has 0 bridgehead atoms. The first-order valence-corrected chi connectivity index (χ1v) is 31.6. The lowest BCUT2D eigenvalue weighted by Crippen LogP contribution is -2.60. The van der Waals surface area contributed by atoms with Gasteiger partial charge in [-0.05, 0) is 80.5 Å². The van der Waals surface area contributed by atoms with Crippen LogP contribution in [0, 0.1) is 46.8 Å². The molecule has 0 spiro atoms. The van der Waals surface area contributed by atoms with Crippen LogP contribution in [0.15, 0.2) is 54.6 Å². The summed E-state index contributed by atoms with van der Waals surface area (Å²) in [5, 5.41) is 10.9. The summed E-state index contributed by atoms with van der Waals surface area (Å²) in [6, 6.07) is 4.00. The van der Waals surface area contributed by atoms with E-state index < -0.39 is 192 Å². The molecule has 28 heteroatoms. The van der Waals surface area contributed by atoms with E-state index >= 15 is 18.4 Å². The maximum Gasteiger partial charge on any atom is 0.246 e. The predicted octanol–water partition coefficient (Wildman–Crippen LogP) is 4.66. The molecule has 0 aliphatic carbocycles. The zero-order valence-corrected chi connectivity index (χ0v) is 57.0. The van der Waals surface area contributed by atoms with Crippen molar-refractivity contribution in [2.24, 2.45) is 17.8 Å². The van der Waals surface area contributed by atoms with Crippen molar-refractivity contribution in [2.45, 2.75) is 155 Å². The molecule has 1 heterocycles. The second kappa shape index (κ2) is 35.3. The molecule has 94 heavy (non-hydrogen) atoms. The smallest absolute Gasteiger partial charge is 0.246 e. The highest BCUT2D eigenvalue weighted by atomic mass is 35.5. The summed E-state index contributed by atoms with van der Waals surface area (Å²) in [7, 11) is 9.12. The summed E-state index contributed by atoms with van der Waals surface area (Å²) in [6.07, 6.45) is -2.24. The fourth-order valence-electron chi connectivity index (χ4n) is 10.7.